The van der Waals surface area contributed by atoms with Crippen LogP contribution in [0.3, 0.4) is 0 Å². The zero-order valence-corrected chi connectivity index (χ0v) is 22.2. The molecule has 0 radical (unpaired) electrons. The van der Waals surface area contributed by atoms with E-state index in [2.05, 4.69) is 4.99 Å². The number of esters is 2. The predicted octanol–water partition coefficient (Wildman–Crippen LogP) is 5.40. The monoisotopic (exact) mass is 539 g/mol. The predicted molar refractivity (Wildman–Crippen MR) is 149 cm³/mol. The number of pyridine rings is 1. The van der Waals surface area contributed by atoms with Crippen LogP contribution in [-0.2, 0) is 20.8 Å². The molecule has 9 heteroatoms. The summed E-state index contributed by atoms with van der Waals surface area (Å²) in [4.78, 5) is 48.0. The van der Waals surface area contributed by atoms with Crippen molar-refractivity contribution in [1.29, 1.82) is 0 Å². The van der Waals surface area contributed by atoms with Gasteiger partial charge < -0.3 is 14.0 Å². The van der Waals surface area contributed by atoms with Crippen LogP contribution in [0.5, 0.6) is 0 Å². The molecule has 0 saturated carbocycles. The highest BCUT2D eigenvalue weighted by molar-refractivity contribution is 7.16. The van der Waals surface area contributed by atoms with Gasteiger partial charge in [0.1, 0.15) is 6.54 Å². The summed E-state index contributed by atoms with van der Waals surface area (Å²) >= 11 is 1.21. The molecule has 0 saturated heterocycles. The number of ether oxygens (including phenoxy) is 2. The molecule has 0 unspecified atom stereocenters. The minimum atomic E-state index is -0.472. The molecule has 3 aromatic carbocycles. The van der Waals surface area contributed by atoms with Crippen molar-refractivity contribution in [2.24, 2.45) is 4.99 Å². The van der Waals surface area contributed by atoms with Crippen LogP contribution in [0.15, 0.2) is 83.9 Å². The van der Waals surface area contributed by atoms with Gasteiger partial charge in [0.15, 0.2) is 4.80 Å². The summed E-state index contributed by atoms with van der Waals surface area (Å²) in [5.74, 6) is -1.38. The van der Waals surface area contributed by atoms with Gasteiger partial charge in [-0.2, -0.15) is 4.99 Å². The zero-order valence-electron chi connectivity index (χ0n) is 21.4. The van der Waals surface area contributed by atoms with Crippen molar-refractivity contribution in [3.05, 3.63) is 94.8 Å². The Labute approximate surface area is 228 Å². The van der Waals surface area contributed by atoms with E-state index >= 15 is 0 Å². The van der Waals surface area contributed by atoms with Gasteiger partial charge in [0.05, 0.1) is 45.8 Å². The summed E-state index contributed by atoms with van der Waals surface area (Å²) in [5, 5.41) is 0.675. The van der Waals surface area contributed by atoms with Crippen molar-refractivity contribution >= 4 is 50.3 Å². The van der Waals surface area contributed by atoms with E-state index in [4.69, 9.17) is 14.5 Å². The first kappa shape index (κ1) is 26.0. The van der Waals surface area contributed by atoms with Crippen molar-refractivity contribution in [2.45, 2.75) is 20.4 Å². The van der Waals surface area contributed by atoms with Crippen LogP contribution < -0.4 is 4.80 Å². The molecule has 39 heavy (non-hydrogen) atoms. The Morgan fingerprint density at radius 2 is 1.64 bits per heavy atom. The third kappa shape index (κ3) is 5.49. The van der Waals surface area contributed by atoms with Crippen molar-refractivity contribution < 1.29 is 23.9 Å². The number of carbonyl (C=O) groups excluding carboxylic acids is 3. The topological polar surface area (TPSA) is 99.9 Å². The average Bonchev–Trinajstić information content (AvgIpc) is 3.28. The number of amides is 1. The molecule has 0 aliphatic heterocycles. The number of rotatable bonds is 7. The van der Waals surface area contributed by atoms with E-state index in [1.165, 1.54) is 11.3 Å². The van der Waals surface area contributed by atoms with Gasteiger partial charge >= 0.3 is 11.9 Å². The van der Waals surface area contributed by atoms with E-state index in [9.17, 15) is 14.4 Å². The summed E-state index contributed by atoms with van der Waals surface area (Å²) in [5.41, 5.74) is 3.63. The Kier molecular flexibility index (Phi) is 7.60. The lowest BCUT2D eigenvalue weighted by molar-refractivity contribution is -0.143. The summed E-state index contributed by atoms with van der Waals surface area (Å²) in [7, 11) is 0. The molecule has 8 nitrogen and oxygen atoms in total. The van der Waals surface area contributed by atoms with Gasteiger partial charge in [-0.3, -0.25) is 9.59 Å². The molecule has 0 bridgehead atoms. The van der Waals surface area contributed by atoms with Gasteiger partial charge in [-0.1, -0.05) is 59.9 Å². The van der Waals surface area contributed by atoms with E-state index in [1.54, 1.807) is 42.7 Å². The maximum atomic E-state index is 13.7. The number of aromatic nitrogens is 2. The number of thiazole rings is 1. The fraction of sp³-hybridized carbons (Fsp3) is 0.167. The van der Waals surface area contributed by atoms with Crippen LogP contribution in [0.4, 0.5) is 0 Å². The van der Waals surface area contributed by atoms with Crippen LogP contribution >= 0.6 is 11.3 Å². The molecular weight excluding hydrogens is 514 g/mol. The van der Waals surface area contributed by atoms with E-state index in [1.807, 2.05) is 54.6 Å². The first-order chi connectivity index (χ1) is 19.0. The number of benzene rings is 3. The Hall–Kier alpha value is -4.63. The Balaban J connectivity index is 1.66. The number of nitrogens with zero attached hydrogens (tertiary/aromatic N) is 3. The summed E-state index contributed by atoms with van der Waals surface area (Å²) in [6.45, 7) is 3.82. The fourth-order valence-electron chi connectivity index (χ4n) is 4.24. The SMILES string of the molecule is CCOC(=O)Cn1c(=NC(=O)c2cc(-c3ccccc3)nc3ccccc23)sc2cc(C(=O)OCC)ccc21. The second-order valence-corrected chi connectivity index (χ2v) is 9.54. The molecule has 5 aromatic rings. The highest BCUT2D eigenvalue weighted by atomic mass is 32.1. The standard InChI is InChI=1S/C30H25N3O5S/c1-3-37-27(34)18-33-25-15-14-20(29(36)38-4-2)16-26(25)39-30(33)32-28(35)22-17-24(19-10-6-5-7-11-19)31-23-13-9-8-12-21(22)23/h5-17H,3-4,18H2,1-2H3. The van der Waals surface area contributed by atoms with Crippen LogP contribution in [-0.4, -0.2) is 40.6 Å². The van der Waals surface area contributed by atoms with Crippen LogP contribution in [0, 0.1) is 0 Å². The number of carbonyl (C=O) groups is 3. The van der Waals surface area contributed by atoms with Gasteiger partial charge in [0, 0.05) is 10.9 Å². The fourth-order valence-corrected chi connectivity index (χ4v) is 5.31. The highest BCUT2D eigenvalue weighted by Crippen LogP contribution is 2.26. The molecule has 2 heterocycles. The Morgan fingerprint density at radius 1 is 0.897 bits per heavy atom. The molecule has 1 amide bonds. The molecule has 196 valence electrons. The van der Waals surface area contributed by atoms with E-state index in [0.717, 1.165) is 5.56 Å². The number of fused-ring (bicyclic) bond motifs is 2. The normalized spacial score (nSPS) is 11.6. The Bertz CT molecular complexity index is 1770. The van der Waals surface area contributed by atoms with Gasteiger partial charge in [-0.05, 0) is 44.2 Å². The molecular formula is C30H25N3O5S. The first-order valence-corrected chi connectivity index (χ1v) is 13.3. The minimum Gasteiger partial charge on any atom is -0.465 e. The molecule has 0 spiro atoms. The largest absolute Gasteiger partial charge is 0.465 e. The van der Waals surface area contributed by atoms with Crippen LogP contribution in [0.1, 0.15) is 34.6 Å². The van der Waals surface area contributed by atoms with Gasteiger partial charge in [-0.25, -0.2) is 9.78 Å². The third-order valence-corrected chi connectivity index (χ3v) is 7.04. The number of para-hydroxylation sites is 1. The number of hydrogen-bond donors (Lipinski definition) is 0. The third-order valence-electron chi connectivity index (χ3n) is 6.00. The second-order valence-electron chi connectivity index (χ2n) is 8.53. The lowest BCUT2D eigenvalue weighted by Gasteiger charge is -2.08. The van der Waals surface area contributed by atoms with Crippen molar-refractivity contribution in [3.8, 4) is 11.3 Å². The van der Waals surface area contributed by atoms with Crippen molar-refractivity contribution in [2.75, 3.05) is 13.2 Å². The van der Waals surface area contributed by atoms with E-state index in [0.29, 0.717) is 42.7 Å². The maximum Gasteiger partial charge on any atom is 0.338 e. The average molecular weight is 540 g/mol. The summed E-state index contributed by atoms with van der Waals surface area (Å²) in [6.07, 6.45) is 0. The van der Waals surface area contributed by atoms with Gasteiger partial charge in [0.25, 0.3) is 5.91 Å². The lowest BCUT2D eigenvalue weighted by Crippen LogP contribution is -2.23. The first-order valence-electron chi connectivity index (χ1n) is 12.5. The maximum absolute atomic E-state index is 13.7. The van der Waals surface area contributed by atoms with Crippen molar-refractivity contribution in [1.82, 2.24) is 9.55 Å². The van der Waals surface area contributed by atoms with Crippen molar-refractivity contribution in [3.63, 3.8) is 0 Å². The molecule has 5 rings (SSSR count). The summed E-state index contributed by atoms with van der Waals surface area (Å²) in [6, 6.07) is 23.8. The quantitative estimate of drug-likeness (QED) is 0.257. The molecule has 0 aliphatic rings. The molecule has 0 atom stereocenters. The molecule has 0 N–H and O–H groups in total. The Morgan fingerprint density at radius 3 is 2.41 bits per heavy atom. The van der Waals surface area contributed by atoms with Crippen LogP contribution in [0.2, 0.25) is 0 Å². The smallest absolute Gasteiger partial charge is 0.338 e. The van der Waals surface area contributed by atoms with Crippen LogP contribution in [0.25, 0.3) is 32.4 Å². The van der Waals surface area contributed by atoms with Gasteiger partial charge in [-0.15, -0.1) is 0 Å². The summed E-state index contributed by atoms with van der Waals surface area (Å²) < 4.78 is 12.6. The molecule has 0 aliphatic carbocycles. The zero-order chi connectivity index (χ0) is 27.4. The number of hydrogen-bond acceptors (Lipinski definition) is 7. The lowest BCUT2D eigenvalue weighted by atomic mass is 10.0. The minimum absolute atomic E-state index is 0.134. The van der Waals surface area contributed by atoms with E-state index in [-0.39, 0.29) is 19.8 Å². The van der Waals surface area contributed by atoms with E-state index < -0.39 is 17.8 Å². The highest BCUT2D eigenvalue weighted by Gasteiger charge is 2.17. The van der Waals surface area contributed by atoms with Gasteiger partial charge in [0.2, 0.25) is 0 Å². The molecule has 0 fully saturated rings. The second kappa shape index (κ2) is 11.4. The molecule has 2 aromatic heterocycles.